The maximum atomic E-state index is 12.0. The quantitative estimate of drug-likeness (QED) is 0.746. The van der Waals surface area contributed by atoms with E-state index in [4.69, 9.17) is 0 Å². The van der Waals surface area contributed by atoms with Crippen LogP contribution in [0.1, 0.15) is 42.3 Å². The molecule has 1 rings (SSSR count). The van der Waals surface area contributed by atoms with Crippen LogP contribution in [0.25, 0.3) is 0 Å². The number of aryl methyl sites for hydroxylation is 2. The van der Waals surface area contributed by atoms with Crippen LogP contribution in [0.15, 0.2) is 18.2 Å². The molecule has 0 saturated heterocycles. The third-order valence-electron chi connectivity index (χ3n) is 3.78. The summed E-state index contributed by atoms with van der Waals surface area (Å²) in [4.78, 5) is 23.8. The fraction of sp³-hybridized carbons (Fsp3) is 0.529. The number of nitrogens with one attached hydrogen (secondary N) is 2. The predicted octanol–water partition coefficient (Wildman–Crippen LogP) is 1.56. The van der Waals surface area contributed by atoms with Gasteiger partial charge in [-0.15, -0.1) is 0 Å². The summed E-state index contributed by atoms with van der Waals surface area (Å²) in [5.41, 5.74) is 1.58. The van der Waals surface area contributed by atoms with E-state index in [0.717, 1.165) is 11.1 Å². The summed E-state index contributed by atoms with van der Waals surface area (Å²) in [5, 5.41) is 15.3. The van der Waals surface area contributed by atoms with Crippen LogP contribution < -0.4 is 10.6 Å². The van der Waals surface area contributed by atoms with Crippen molar-refractivity contribution < 1.29 is 14.7 Å². The van der Waals surface area contributed by atoms with Crippen LogP contribution in [0.3, 0.4) is 0 Å². The third-order valence-corrected chi connectivity index (χ3v) is 3.78. The van der Waals surface area contributed by atoms with E-state index in [1.807, 2.05) is 33.8 Å². The van der Waals surface area contributed by atoms with Crippen molar-refractivity contribution >= 4 is 11.8 Å². The molecule has 0 fully saturated rings. The first kappa shape index (κ1) is 18.2. The van der Waals surface area contributed by atoms with Crippen molar-refractivity contribution in [3.8, 4) is 0 Å². The molecule has 1 aromatic carbocycles. The fourth-order valence-electron chi connectivity index (χ4n) is 1.91. The molecular weight excluding hydrogens is 280 g/mol. The Hall–Kier alpha value is -1.88. The molecule has 3 N–H and O–H groups in total. The first-order chi connectivity index (χ1) is 10.1. The molecule has 0 bridgehead atoms. The molecule has 2 amide bonds. The first-order valence-corrected chi connectivity index (χ1v) is 7.47. The Balaban J connectivity index is 2.49. The van der Waals surface area contributed by atoms with E-state index in [9.17, 15) is 14.7 Å². The van der Waals surface area contributed by atoms with Gasteiger partial charge in [0.15, 0.2) is 0 Å². The molecule has 0 aliphatic rings. The van der Waals surface area contributed by atoms with E-state index in [1.54, 1.807) is 19.1 Å². The van der Waals surface area contributed by atoms with Crippen molar-refractivity contribution in [2.24, 2.45) is 5.92 Å². The lowest BCUT2D eigenvalue weighted by Crippen LogP contribution is -2.47. The van der Waals surface area contributed by atoms with Crippen LogP contribution in [0.4, 0.5) is 0 Å². The van der Waals surface area contributed by atoms with Crippen LogP contribution in [0, 0.1) is 19.8 Å². The van der Waals surface area contributed by atoms with E-state index in [1.165, 1.54) is 0 Å². The van der Waals surface area contributed by atoms with Gasteiger partial charge >= 0.3 is 0 Å². The second-order valence-corrected chi connectivity index (χ2v) is 6.35. The van der Waals surface area contributed by atoms with E-state index < -0.39 is 5.60 Å². The van der Waals surface area contributed by atoms with Gasteiger partial charge in [0.2, 0.25) is 5.91 Å². The SMILES string of the molecule is Cc1cc(C)cc(C(=O)NCC(=O)NCC(C)(O)C(C)C)c1. The minimum Gasteiger partial charge on any atom is -0.388 e. The van der Waals surface area contributed by atoms with Crippen molar-refractivity contribution in [3.63, 3.8) is 0 Å². The Morgan fingerprint density at radius 2 is 1.68 bits per heavy atom. The van der Waals surface area contributed by atoms with Gasteiger partial charge in [-0.25, -0.2) is 0 Å². The van der Waals surface area contributed by atoms with Gasteiger partial charge in [0.05, 0.1) is 12.1 Å². The summed E-state index contributed by atoms with van der Waals surface area (Å²) in [6, 6.07) is 5.55. The summed E-state index contributed by atoms with van der Waals surface area (Å²) >= 11 is 0. The lowest BCUT2D eigenvalue weighted by atomic mass is 9.92. The van der Waals surface area contributed by atoms with Crippen LogP contribution in [0.5, 0.6) is 0 Å². The van der Waals surface area contributed by atoms with Gasteiger partial charge in [0.25, 0.3) is 5.91 Å². The van der Waals surface area contributed by atoms with Crippen molar-refractivity contribution in [1.29, 1.82) is 0 Å². The van der Waals surface area contributed by atoms with Crippen molar-refractivity contribution in [2.75, 3.05) is 13.1 Å². The molecule has 0 aromatic heterocycles. The monoisotopic (exact) mass is 306 g/mol. The highest BCUT2D eigenvalue weighted by molar-refractivity contribution is 5.96. The van der Waals surface area contributed by atoms with Gasteiger partial charge in [0, 0.05) is 12.1 Å². The average Bonchev–Trinajstić information content (AvgIpc) is 2.41. The van der Waals surface area contributed by atoms with Gasteiger partial charge in [-0.05, 0) is 38.8 Å². The number of benzene rings is 1. The smallest absolute Gasteiger partial charge is 0.251 e. The molecule has 0 saturated carbocycles. The van der Waals surface area contributed by atoms with E-state index in [2.05, 4.69) is 10.6 Å². The number of carbonyl (C=O) groups excluding carboxylic acids is 2. The maximum absolute atomic E-state index is 12.0. The lowest BCUT2D eigenvalue weighted by molar-refractivity contribution is -0.121. The van der Waals surface area contributed by atoms with E-state index >= 15 is 0 Å². The van der Waals surface area contributed by atoms with Gasteiger partial charge < -0.3 is 15.7 Å². The van der Waals surface area contributed by atoms with Crippen LogP contribution in [-0.4, -0.2) is 35.6 Å². The number of hydrogen-bond donors (Lipinski definition) is 3. The molecule has 0 aliphatic carbocycles. The Labute approximate surface area is 132 Å². The normalized spacial score (nSPS) is 13.6. The molecule has 5 heteroatoms. The average molecular weight is 306 g/mol. The molecule has 5 nitrogen and oxygen atoms in total. The highest BCUT2D eigenvalue weighted by Gasteiger charge is 2.25. The van der Waals surface area contributed by atoms with Crippen molar-refractivity contribution in [2.45, 2.75) is 40.2 Å². The third kappa shape index (κ3) is 5.48. The van der Waals surface area contributed by atoms with Gasteiger partial charge in [-0.2, -0.15) is 0 Å². The summed E-state index contributed by atoms with van der Waals surface area (Å²) in [6.07, 6.45) is 0. The Morgan fingerprint density at radius 1 is 1.14 bits per heavy atom. The van der Waals surface area contributed by atoms with Gasteiger partial charge in [0.1, 0.15) is 0 Å². The molecule has 1 aromatic rings. The molecule has 0 heterocycles. The highest BCUT2D eigenvalue weighted by atomic mass is 16.3. The van der Waals surface area contributed by atoms with Crippen molar-refractivity contribution in [3.05, 3.63) is 34.9 Å². The second kappa shape index (κ2) is 7.40. The second-order valence-electron chi connectivity index (χ2n) is 6.35. The number of aliphatic hydroxyl groups is 1. The predicted molar refractivity (Wildman–Crippen MR) is 86.7 cm³/mol. The Bertz CT molecular complexity index is 531. The molecule has 0 spiro atoms. The summed E-state index contributed by atoms with van der Waals surface area (Å²) in [7, 11) is 0. The molecule has 1 atom stereocenters. The minimum atomic E-state index is -0.965. The molecule has 122 valence electrons. The Morgan fingerprint density at radius 3 is 2.18 bits per heavy atom. The topological polar surface area (TPSA) is 78.4 Å². The maximum Gasteiger partial charge on any atom is 0.251 e. The fourth-order valence-corrected chi connectivity index (χ4v) is 1.91. The van der Waals surface area contributed by atoms with Crippen molar-refractivity contribution in [1.82, 2.24) is 10.6 Å². The molecule has 1 unspecified atom stereocenters. The highest BCUT2D eigenvalue weighted by Crippen LogP contribution is 2.14. The summed E-state index contributed by atoms with van der Waals surface area (Å²) in [6.45, 7) is 9.33. The standard InChI is InChI=1S/C17H26N2O3/c1-11(2)17(5,22)10-19-15(20)9-18-16(21)14-7-12(3)6-13(4)8-14/h6-8,11,22H,9-10H2,1-5H3,(H,18,21)(H,19,20). The summed E-state index contributed by atoms with van der Waals surface area (Å²) < 4.78 is 0. The first-order valence-electron chi connectivity index (χ1n) is 7.47. The molecular formula is C17H26N2O3. The van der Waals surface area contributed by atoms with E-state index in [0.29, 0.717) is 5.56 Å². The Kier molecular flexibility index (Phi) is 6.11. The molecule has 0 radical (unpaired) electrons. The van der Waals surface area contributed by atoms with E-state index in [-0.39, 0.29) is 30.8 Å². The zero-order chi connectivity index (χ0) is 16.9. The molecule has 22 heavy (non-hydrogen) atoms. The number of amides is 2. The van der Waals surface area contributed by atoms with Gasteiger partial charge in [-0.3, -0.25) is 9.59 Å². The largest absolute Gasteiger partial charge is 0.388 e. The van der Waals surface area contributed by atoms with Crippen LogP contribution >= 0.6 is 0 Å². The zero-order valence-corrected chi connectivity index (χ0v) is 14.0. The number of rotatable bonds is 6. The number of hydrogen-bond acceptors (Lipinski definition) is 3. The van der Waals surface area contributed by atoms with Gasteiger partial charge in [-0.1, -0.05) is 31.0 Å². The van der Waals surface area contributed by atoms with Crippen LogP contribution in [-0.2, 0) is 4.79 Å². The van der Waals surface area contributed by atoms with Crippen LogP contribution in [0.2, 0.25) is 0 Å². The molecule has 0 aliphatic heterocycles. The zero-order valence-electron chi connectivity index (χ0n) is 14.0. The lowest BCUT2D eigenvalue weighted by Gasteiger charge is -2.27. The number of carbonyl (C=O) groups is 2. The summed E-state index contributed by atoms with van der Waals surface area (Å²) in [5.74, 6) is -0.575. The minimum absolute atomic E-state index is 0.0256.